The van der Waals surface area contributed by atoms with Crippen molar-refractivity contribution in [1.29, 1.82) is 0 Å². The lowest BCUT2D eigenvalue weighted by Crippen LogP contribution is -2.78. The molecule has 1 saturated carbocycles. The molecule has 0 bridgehead atoms. The Bertz CT molecular complexity index is 329. The molecule has 2 rings (SSSR count). The number of hydrogen-bond acceptors (Lipinski definition) is 2. The first kappa shape index (κ1) is 9.43. The summed E-state index contributed by atoms with van der Waals surface area (Å²) in [6.45, 7) is 3.68. The lowest BCUT2D eigenvalue weighted by atomic mass is 9.56. The van der Waals surface area contributed by atoms with Crippen molar-refractivity contribution >= 4 is 11.9 Å². The Balaban J connectivity index is 2.33. The monoisotopic (exact) mass is 200 g/mol. The molecule has 2 atom stereocenters. The van der Waals surface area contributed by atoms with Crippen molar-refractivity contribution in [3.05, 3.63) is 0 Å². The third-order valence-corrected chi connectivity index (χ3v) is 3.18. The van der Waals surface area contributed by atoms with Crippen LogP contribution in [0.4, 0.5) is 9.18 Å². The first-order valence-electron chi connectivity index (χ1n) is 4.56. The minimum atomic E-state index is -1.88. The zero-order valence-electron chi connectivity index (χ0n) is 8.43. The standard InChI is InChI=1S/C9H13FN2O2/c1-8(2)4-9(10)5(8)11-7(14)12(3)6(9)13/h5H,4H2,1-3H3,(H,11,14). The third kappa shape index (κ3) is 0.871. The Labute approximate surface area is 81.4 Å². The number of halogens is 1. The number of amides is 3. The van der Waals surface area contributed by atoms with Gasteiger partial charge in [0.1, 0.15) is 0 Å². The van der Waals surface area contributed by atoms with Gasteiger partial charge in [0, 0.05) is 7.05 Å². The molecule has 1 heterocycles. The number of nitrogens with one attached hydrogen (secondary N) is 1. The van der Waals surface area contributed by atoms with Crippen LogP contribution >= 0.6 is 0 Å². The van der Waals surface area contributed by atoms with E-state index in [1.54, 1.807) is 0 Å². The molecule has 0 radical (unpaired) electrons. The zero-order chi connectivity index (χ0) is 10.7. The topological polar surface area (TPSA) is 49.4 Å². The molecule has 5 heteroatoms. The summed E-state index contributed by atoms with van der Waals surface area (Å²) < 4.78 is 14.1. The third-order valence-electron chi connectivity index (χ3n) is 3.18. The predicted octanol–water partition coefficient (Wildman–Crippen LogP) is 0.675. The van der Waals surface area contributed by atoms with Gasteiger partial charge in [0.15, 0.2) is 0 Å². The molecule has 2 aliphatic rings. The second kappa shape index (κ2) is 2.27. The molecule has 3 amide bonds. The molecule has 1 aliphatic heterocycles. The van der Waals surface area contributed by atoms with Crippen LogP contribution in [0.1, 0.15) is 20.3 Å². The fourth-order valence-electron chi connectivity index (χ4n) is 2.46. The van der Waals surface area contributed by atoms with E-state index in [1.165, 1.54) is 7.05 Å². The highest BCUT2D eigenvalue weighted by molar-refractivity contribution is 6.03. The van der Waals surface area contributed by atoms with E-state index in [2.05, 4.69) is 5.32 Å². The number of rotatable bonds is 0. The number of carbonyl (C=O) groups excluding carboxylic acids is 2. The van der Waals surface area contributed by atoms with Gasteiger partial charge in [-0.15, -0.1) is 0 Å². The summed E-state index contributed by atoms with van der Waals surface area (Å²) in [6.07, 6.45) is 0.175. The maximum absolute atomic E-state index is 14.1. The maximum Gasteiger partial charge on any atom is 0.324 e. The van der Waals surface area contributed by atoms with Crippen LogP contribution in [-0.2, 0) is 4.79 Å². The summed E-state index contributed by atoms with van der Waals surface area (Å²) >= 11 is 0. The highest BCUT2D eigenvalue weighted by Gasteiger charge is 2.68. The summed E-state index contributed by atoms with van der Waals surface area (Å²) in [4.78, 5) is 23.6. The summed E-state index contributed by atoms with van der Waals surface area (Å²) in [5, 5.41) is 2.52. The first-order valence-corrected chi connectivity index (χ1v) is 4.56. The Hall–Kier alpha value is -1.13. The van der Waals surface area contributed by atoms with Gasteiger partial charge in [-0.25, -0.2) is 9.18 Å². The van der Waals surface area contributed by atoms with Gasteiger partial charge in [0.2, 0.25) is 5.67 Å². The van der Waals surface area contributed by atoms with Gasteiger partial charge in [0.25, 0.3) is 5.91 Å². The Kier molecular flexibility index (Phi) is 1.53. The molecule has 1 saturated heterocycles. The molecule has 0 aromatic carbocycles. The highest BCUT2D eigenvalue weighted by Crippen LogP contribution is 2.52. The van der Waals surface area contributed by atoms with Crippen molar-refractivity contribution in [2.45, 2.75) is 32.0 Å². The van der Waals surface area contributed by atoms with Crippen molar-refractivity contribution in [3.8, 4) is 0 Å². The minimum Gasteiger partial charge on any atom is -0.331 e. The second-order valence-electron chi connectivity index (χ2n) is 4.77. The molecule has 1 N–H and O–H groups in total. The molecular weight excluding hydrogens is 187 g/mol. The molecule has 1 aliphatic carbocycles. The molecule has 0 aromatic heterocycles. The van der Waals surface area contributed by atoms with Crippen LogP contribution in [0.15, 0.2) is 0 Å². The largest absolute Gasteiger partial charge is 0.331 e. The first-order chi connectivity index (χ1) is 6.29. The van der Waals surface area contributed by atoms with E-state index in [0.29, 0.717) is 0 Å². The van der Waals surface area contributed by atoms with Crippen molar-refractivity contribution in [2.75, 3.05) is 7.05 Å². The van der Waals surface area contributed by atoms with Crippen LogP contribution in [0.2, 0.25) is 0 Å². The van der Waals surface area contributed by atoms with Crippen molar-refractivity contribution in [1.82, 2.24) is 10.2 Å². The predicted molar refractivity (Wildman–Crippen MR) is 47.3 cm³/mol. The number of carbonyl (C=O) groups is 2. The molecule has 4 nitrogen and oxygen atoms in total. The molecule has 0 aromatic rings. The van der Waals surface area contributed by atoms with Gasteiger partial charge in [-0.05, 0) is 11.8 Å². The van der Waals surface area contributed by atoms with Crippen LogP contribution in [-0.4, -0.2) is 35.6 Å². The van der Waals surface area contributed by atoms with Gasteiger partial charge >= 0.3 is 6.03 Å². The van der Waals surface area contributed by atoms with E-state index in [-0.39, 0.29) is 11.8 Å². The van der Waals surface area contributed by atoms with Crippen molar-refractivity contribution in [2.24, 2.45) is 5.41 Å². The average Bonchev–Trinajstić information content (AvgIpc) is 2.08. The fraction of sp³-hybridized carbons (Fsp3) is 0.778. The second-order valence-corrected chi connectivity index (χ2v) is 4.77. The number of imide groups is 1. The normalized spacial score (nSPS) is 40.0. The summed E-state index contributed by atoms with van der Waals surface area (Å²) in [6, 6.07) is -1.19. The van der Waals surface area contributed by atoms with E-state index in [0.717, 1.165) is 4.90 Å². The molecule has 2 unspecified atom stereocenters. The van der Waals surface area contributed by atoms with E-state index < -0.39 is 23.6 Å². The molecule has 14 heavy (non-hydrogen) atoms. The lowest BCUT2D eigenvalue weighted by molar-refractivity contribution is -0.168. The summed E-state index contributed by atoms with van der Waals surface area (Å²) in [5.41, 5.74) is -2.21. The quantitative estimate of drug-likeness (QED) is 0.625. The molecular formula is C9H13FN2O2. The van der Waals surface area contributed by atoms with E-state index >= 15 is 0 Å². The van der Waals surface area contributed by atoms with Gasteiger partial charge in [0.05, 0.1) is 6.04 Å². The Morgan fingerprint density at radius 1 is 1.50 bits per heavy atom. The van der Waals surface area contributed by atoms with Crippen LogP contribution in [0.25, 0.3) is 0 Å². The van der Waals surface area contributed by atoms with Crippen molar-refractivity contribution < 1.29 is 14.0 Å². The van der Waals surface area contributed by atoms with Crippen LogP contribution < -0.4 is 5.32 Å². The number of hydrogen-bond donors (Lipinski definition) is 1. The van der Waals surface area contributed by atoms with Gasteiger partial charge in [-0.2, -0.15) is 0 Å². The van der Waals surface area contributed by atoms with Crippen molar-refractivity contribution in [3.63, 3.8) is 0 Å². The molecule has 78 valence electrons. The lowest BCUT2D eigenvalue weighted by Gasteiger charge is -2.57. The Morgan fingerprint density at radius 2 is 2.07 bits per heavy atom. The maximum atomic E-state index is 14.1. The Morgan fingerprint density at radius 3 is 2.57 bits per heavy atom. The number of alkyl halides is 1. The minimum absolute atomic E-state index is 0.175. The number of urea groups is 1. The fourth-order valence-corrected chi connectivity index (χ4v) is 2.46. The number of nitrogens with zero attached hydrogens (tertiary/aromatic N) is 1. The summed E-state index contributed by atoms with van der Waals surface area (Å²) in [7, 11) is 1.29. The van der Waals surface area contributed by atoms with Crippen LogP contribution in [0.5, 0.6) is 0 Å². The summed E-state index contributed by atoms with van der Waals surface area (Å²) in [5.74, 6) is -0.717. The van der Waals surface area contributed by atoms with E-state index in [1.807, 2.05) is 13.8 Å². The highest BCUT2D eigenvalue weighted by atomic mass is 19.1. The van der Waals surface area contributed by atoms with Crippen LogP contribution in [0.3, 0.4) is 0 Å². The van der Waals surface area contributed by atoms with E-state index in [9.17, 15) is 14.0 Å². The SMILES string of the molecule is CN1C(=O)NC2C(C)(C)CC2(F)C1=O. The zero-order valence-corrected chi connectivity index (χ0v) is 8.43. The van der Waals surface area contributed by atoms with Gasteiger partial charge in [-0.1, -0.05) is 13.8 Å². The average molecular weight is 200 g/mol. The van der Waals surface area contributed by atoms with E-state index in [4.69, 9.17) is 0 Å². The number of fused-ring (bicyclic) bond motifs is 1. The van der Waals surface area contributed by atoms with Crippen LogP contribution in [0, 0.1) is 5.41 Å². The molecule has 0 spiro atoms. The molecule has 2 fully saturated rings. The smallest absolute Gasteiger partial charge is 0.324 e. The van der Waals surface area contributed by atoms with Gasteiger partial charge < -0.3 is 5.32 Å². The van der Waals surface area contributed by atoms with Gasteiger partial charge in [-0.3, -0.25) is 9.69 Å².